The minimum Gasteiger partial charge on any atom is -0.463 e. The Morgan fingerprint density at radius 2 is 1.72 bits per heavy atom. The van der Waals surface area contributed by atoms with Crippen LogP contribution < -0.4 is 11.5 Å². The predicted octanol–water partition coefficient (Wildman–Crippen LogP) is -0.685. The van der Waals surface area contributed by atoms with Gasteiger partial charge < -0.3 is 30.4 Å². The van der Waals surface area contributed by atoms with E-state index < -0.39 is 42.4 Å². The van der Waals surface area contributed by atoms with Crippen molar-refractivity contribution in [3.63, 3.8) is 0 Å². The van der Waals surface area contributed by atoms with Crippen molar-refractivity contribution in [1.82, 2.24) is 19.5 Å². The fraction of sp³-hybridized carbons (Fsp3) is 0.500. The molecule has 0 bridgehead atoms. The molecule has 1 fully saturated rings. The van der Waals surface area contributed by atoms with E-state index >= 15 is 0 Å². The number of nitrogens with two attached hydrogens (primary N) is 2. The number of ether oxygens (including phenoxy) is 4. The van der Waals surface area contributed by atoms with Crippen molar-refractivity contribution in [3.05, 3.63) is 6.33 Å². The Morgan fingerprint density at radius 3 is 2.34 bits per heavy atom. The lowest BCUT2D eigenvalue weighted by Gasteiger charge is -2.23. The van der Waals surface area contributed by atoms with Crippen molar-refractivity contribution in [2.45, 2.75) is 45.3 Å². The molecule has 13 nitrogen and oxygen atoms in total. The first-order valence-corrected chi connectivity index (χ1v) is 8.56. The van der Waals surface area contributed by atoms with Crippen LogP contribution in [0.25, 0.3) is 11.2 Å². The number of carbonyl (C=O) groups excluding carboxylic acids is 3. The lowest BCUT2D eigenvalue weighted by atomic mass is 10.1. The Hall–Kier alpha value is -3.48. The summed E-state index contributed by atoms with van der Waals surface area (Å²) in [7, 11) is 0. The van der Waals surface area contributed by atoms with Crippen LogP contribution in [0.2, 0.25) is 0 Å². The molecule has 156 valence electrons. The third-order valence-corrected chi connectivity index (χ3v) is 4.08. The van der Waals surface area contributed by atoms with Crippen LogP contribution in [0.4, 0.5) is 11.8 Å². The Kier molecular flexibility index (Phi) is 5.50. The van der Waals surface area contributed by atoms with Gasteiger partial charge >= 0.3 is 17.9 Å². The molecule has 2 aromatic heterocycles. The van der Waals surface area contributed by atoms with Crippen LogP contribution in [-0.4, -0.2) is 62.3 Å². The van der Waals surface area contributed by atoms with Gasteiger partial charge in [0.1, 0.15) is 18.2 Å². The topological polar surface area (TPSA) is 184 Å². The largest absolute Gasteiger partial charge is 0.463 e. The van der Waals surface area contributed by atoms with Crippen molar-refractivity contribution < 1.29 is 33.3 Å². The summed E-state index contributed by atoms with van der Waals surface area (Å²) in [5, 5.41) is 0. The predicted molar refractivity (Wildman–Crippen MR) is 95.8 cm³/mol. The van der Waals surface area contributed by atoms with E-state index in [0.717, 1.165) is 0 Å². The highest BCUT2D eigenvalue weighted by atomic mass is 16.7. The van der Waals surface area contributed by atoms with Crippen molar-refractivity contribution in [2.75, 3.05) is 18.1 Å². The van der Waals surface area contributed by atoms with Gasteiger partial charge in [-0.25, -0.2) is 4.98 Å². The number of carbonyl (C=O) groups is 3. The van der Waals surface area contributed by atoms with Gasteiger partial charge in [0, 0.05) is 20.8 Å². The first-order valence-electron chi connectivity index (χ1n) is 8.56. The Bertz CT molecular complexity index is 961. The van der Waals surface area contributed by atoms with Gasteiger partial charge in [-0.15, -0.1) is 0 Å². The minimum absolute atomic E-state index is 0.0567. The summed E-state index contributed by atoms with van der Waals surface area (Å²) < 4.78 is 23.0. The highest BCUT2D eigenvalue weighted by molar-refractivity contribution is 5.82. The Morgan fingerprint density at radius 1 is 1.07 bits per heavy atom. The zero-order valence-corrected chi connectivity index (χ0v) is 15.9. The molecule has 3 rings (SSSR count). The molecule has 2 aromatic rings. The molecule has 1 aliphatic heterocycles. The van der Waals surface area contributed by atoms with E-state index in [1.54, 1.807) is 0 Å². The second-order valence-electron chi connectivity index (χ2n) is 6.31. The number of hydrogen-bond donors (Lipinski definition) is 2. The van der Waals surface area contributed by atoms with Crippen molar-refractivity contribution in [1.29, 1.82) is 0 Å². The monoisotopic (exact) mass is 408 g/mol. The summed E-state index contributed by atoms with van der Waals surface area (Å²) in [5.41, 5.74) is 12.0. The smallest absolute Gasteiger partial charge is 0.303 e. The van der Waals surface area contributed by atoms with Crippen molar-refractivity contribution >= 4 is 40.8 Å². The molecule has 1 saturated heterocycles. The van der Waals surface area contributed by atoms with Gasteiger partial charge in [-0.1, -0.05) is 0 Å². The zero-order valence-electron chi connectivity index (χ0n) is 15.9. The fourth-order valence-electron chi connectivity index (χ4n) is 3.06. The molecule has 0 aromatic carbocycles. The molecule has 13 heteroatoms. The van der Waals surface area contributed by atoms with Gasteiger partial charge in [-0.3, -0.25) is 19.0 Å². The minimum atomic E-state index is -1.08. The van der Waals surface area contributed by atoms with Gasteiger partial charge in [0.05, 0.1) is 6.33 Å². The highest BCUT2D eigenvalue weighted by Crippen LogP contribution is 2.36. The number of fused-ring (bicyclic) bond motifs is 1. The van der Waals surface area contributed by atoms with E-state index in [2.05, 4.69) is 15.0 Å². The first kappa shape index (κ1) is 20.3. The van der Waals surface area contributed by atoms with Gasteiger partial charge in [0.25, 0.3) is 0 Å². The van der Waals surface area contributed by atoms with Crippen LogP contribution in [0, 0.1) is 0 Å². The summed E-state index contributed by atoms with van der Waals surface area (Å²) in [6.45, 7) is 3.39. The number of nitrogens with zero attached hydrogens (tertiary/aromatic N) is 4. The Balaban J connectivity index is 2.04. The Labute approximate surface area is 164 Å². The van der Waals surface area contributed by atoms with E-state index in [9.17, 15) is 14.4 Å². The van der Waals surface area contributed by atoms with Crippen LogP contribution in [0.15, 0.2) is 6.33 Å². The molecule has 0 amide bonds. The highest BCUT2D eigenvalue weighted by Gasteiger charge is 2.51. The number of rotatable bonds is 5. The number of anilines is 2. The summed E-state index contributed by atoms with van der Waals surface area (Å²) in [6.07, 6.45) is -2.69. The molecule has 0 saturated carbocycles. The zero-order chi connectivity index (χ0) is 21.3. The van der Waals surface area contributed by atoms with Crippen LogP contribution in [0.3, 0.4) is 0 Å². The lowest BCUT2D eigenvalue weighted by Crippen LogP contribution is -2.40. The third-order valence-electron chi connectivity index (χ3n) is 4.08. The molecule has 0 radical (unpaired) electrons. The van der Waals surface area contributed by atoms with E-state index in [-0.39, 0.29) is 29.5 Å². The number of esters is 3. The number of nitrogen functional groups attached to an aromatic ring is 2. The molecule has 4 atom stereocenters. The summed E-state index contributed by atoms with van der Waals surface area (Å²) >= 11 is 0. The number of aromatic nitrogens is 4. The maximum Gasteiger partial charge on any atom is 0.303 e. The van der Waals surface area contributed by atoms with E-state index in [4.69, 9.17) is 30.4 Å². The average Bonchev–Trinajstić information content (AvgIpc) is 3.15. The van der Waals surface area contributed by atoms with Gasteiger partial charge in [0.15, 0.2) is 29.9 Å². The molecule has 2 unspecified atom stereocenters. The maximum absolute atomic E-state index is 11.7. The normalized spacial score (nSPS) is 23.7. The molecular formula is C16H20N6O7. The summed E-state index contributed by atoms with van der Waals surface area (Å²) in [5.74, 6) is -1.85. The maximum atomic E-state index is 11.7. The standard InChI is InChI=1S/C16H20N6O7/c1-6(23)26-4-9-11(27-7(2)24)12(28-8(3)25)15(29-9)22-5-19-10-13(17)20-16(18)21-14(10)22/h5,9,11-12,15H,4H2,1-3H3,(H4,17,18,20,21)/t9?,11-,12-,15?/m1/s1. The quantitative estimate of drug-likeness (QED) is 0.470. The van der Waals surface area contributed by atoms with Crippen LogP contribution in [0.5, 0.6) is 0 Å². The average molecular weight is 408 g/mol. The van der Waals surface area contributed by atoms with E-state index in [1.165, 1.54) is 31.7 Å². The van der Waals surface area contributed by atoms with Gasteiger partial charge in [0.2, 0.25) is 5.95 Å². The second kappa shape index (κ2) is 7.87. The van der Waals surface area contributed by atoms with Crippen molar-refractivity contribution in [3.8, 4) is 0 Å². The number of hydrogen-bond acceptors (Lipinski definition) is 12. The van der Waals surface area contributed by atoms with Gasteiger partial charge in [-0.2, -0.15) is 9.97 Å². The molecule has 4 N–H and O–H groups in total. The van der Waals surface area contributed by atoms with Gasteiger partial charge in [-0.05, 0) is 0 Å². The summed E-state index contributed by atoms with van der Waals surface area (Å²) in [6, 6.07) is 0. The third kappa shape index (κ3) is 4.18. The molecule has 0 spiro atoms. The molecule has 1 aliphatic rings. The summed E-state index contributed by atoms with van der Waals surface area (Å²) in [4.78, 5) is 46.6. The number of imidazole rings is 1. The molecule has 29 heavy (non-hydrogen) atoms. The fourth-order valence-corrected chi connectivity index (χ4v) is 3.06. The van der Waals surface area contributed by atoms with Crippen LogP contribution >= 0.6 is 0 Å². The first-order chi connectivity index (χ1) is 13.7. The SMILES string of the molecule is CC(=O)OCC1OC(n2cnc3c(N)nc(N)nc32)[C@H](OC(C)=O)[C@@H]1OC(C)=O. The van der Waals surface area contributed by atoms with Crippen molar-refractivity contribution in [2.24, 2.45) is 0 Å². The molecule has 0 aliphatic carbocycles. The van der Waals surface area contributed by atoms with E-state index in [1.807, 2.05) is 0 Å². The molecule has 3 heterocycles. The van der Waals surface area contributed by atoms with E-state index in [0.29, 0.717) is 0 Å². The van der Waals surface area contributed by atoms with Crippen LogP contribution in [-0.2, 0) is 33.3 Å². The lowest BCUT2D eigenvalue weighted by molar-refractivity contribution is -0.166. The van der Waals surface area contributed by atoms with Crippen LogP contribution in [0.1, 0.15) is 27.0 Å². The second-order valence-corrected chi connectivity index (χ2v) is 6.31. The molecular weight excluding hydrogens is 388 g/mol.